The van der Waals surface area contributed by atoms with Crippen molar-refractivity contribution in [3.8, 4) is 23.0 Å². The van der Waals surface area contributed by atoms with Gasteiger partial charge in [-0.1, -0.05) is 0 Å². The van der Waals surface area contributed by atoms with Crippen molar-refractivity contribution in [1.29, 1.82) is 0 Å². The average Bonchev–Trinajstić information content (AvgIpc) is 3.28. The van der Waals surface area contributed by atoms with Crippen molar-refractivity contribution in [3.63, 3.8) is 0 Å². The molecule has 2 N–H and O–H groups in total. The lowest BCUT2D eigenvalue weighted by molar-refractivity contribution is 0.0915. The number of methoxy groups -OCH3 is 1. The first kappa shape index (κ1) is 24.5. The van der Waals surface area contributed by atoms with Gasteiger partial charge in [-0.15, -0.1) is 0 Å². The summed E-state index contributed by atoms with van der Waals surface area (Å²) in [6, 6.07) is 10.9. The molecule has 1 amide bonds. The summed E-state index contributed by atoms with van der Waals surface area (Å²) in [6.45, 7) is 2.64. The summed E-state index contributed by atoms with van der Waals surface area (Å²) in [5.41, 5.74) is 0.284. The second kappa shape index (κ2) is 10.3. The first-order valence-electron chi connectivity index (χ1n) is 10.8. The molecular weight excluding hydrogens is 476 g/mol. The van der Waals surface area contributed by atoms with E-state index in [-0.39, 0.29) is 35.5 Å². The van der Waals surface area contributed by atoms with Gasteiger partial charge < -0.3 is 24.3 Å². The van der Waals surface area contributed by atoms with Crippen LogP contribution in [0.1, 0.15) is 17.3 Å². The number of ether oxygens (including phenoxy) is 4. The minimum absolute atomic E-state index is 0.0648. The molecular formula is C23H26N4O7S. The van der Waals surface area contributed by atoms with Crippen molar-refractivity contribution in [3.05, 3.63) is 54.2 Å². The molecule has 3 aromatic rings. The fourth-order valence-electron chi connectivity index (χ4n) is 3.44. The summed E-state index contributed by atoms with van der Waals surface area (Å²) in [5.74, 6) is 1.29. The maximum Gasteiger partial charge on any atom is 0.257 e. The van der Waals surface area contributed by atoms with Gasteiger partial charge in [0.25, 0.3) is 5.91 Å². The first-order chi connectivity index (χ1) is 16.8. The van der Waals surface area contributed by atoms with Crippen LogP contribution in [0, 0.1) is 0 Å². The van der Waals surface area contributed by atoms with E-state index in [1.54, 1.807) is 31.4 Å². The molecule has 1 aliphatic heterocycles. The fourth-order valence-corrected chi connectivity index (χ4v) is 4.70. The molecule has 1 atom stereocenters. The zero-order valence-electron chi connectivity index (χ0n) is 19.5. The third-order valence-corrected chi connectivity index (χ3v) is 7.03. The van der Waals surface area contributed by atoms with Gasteiger partial charge in [0.1, 0.15) is 46.4 Å². The number of aromatic nitrogens is 2. The summed E-state index contributed by atoms with van der Waals surface area (Å²) in [6.07, 6.45) is 1.25. The maximum absolute atomic E-state index is 12.8. The van der Waals surface area contributed by atoms with Gasteiger partial charge in [0.15, 0.2) is 0 Å². The quantitative estimate of drug-likeness (QED) is 0.481. The van der Waals surface area contributed by atoms with Crippen LogP contribution in [-0.4, -0.2) is 68.8 Å². The number of rotatable bonds is 8. The highest BCUT2D eigenvalue weighted by atomic mass is 32.2. The molecule has 11 nitrogen and oxygen atoms in total. The third-order valence-electron chi connectivity index (χ3n) is 5.13. The van der Waals surface area contributed by atoms with Crippen LogP contribution in [0.3, 0.4) is 0 Å². The van der Waals surface area contributed by atoms with Crippen LogP contribution in [0.4, 0.5) is 5.82 Å². The monoisotopic (exact) mass is 502 g/mol. The molecule has 1 aliphatic rings. The van der Waals surface area contributed by atoms with Crippen molar-refractivity contribution in [2.24, 2.45) is 0 Å². The van der Waals surface area contributed by atoms with E-state index in [0.717, 1.165) is 0 Å². The van der Waals surface area contributed by atoms with Gasteiger partial charge in [-0.05, 0) is 31.2 Å². The number of likely N-dealkylation sites (N-methyl/N-ethyl adjacent to an activating group) is 1. The Hall–Kier alpha value is -3.61. The van der Waals surface area contributed by atoms with Gasteiger partial charge in [-0.2, -0.15) is 9.40 Å². The van der Waals surface area contributed by atoms with Crippen LogP contribution in [0.5, 0.6) is 23.0 Å². The molecule has 0 fully saturated rings. The van der Waals surface area contributed by atoms with Gasteiger partial charge in [0, 0.05) is 44.5 Å². The molecule has 12 heteroatoms. The predicted octanol–water partition coefficient (Wildman–Crippen LogP) is 2.88. The molecule has 0 saturated carbocycles. The number of hydrogen-bond acceptors (Lipinski definition) is 8. The van der Waals surface area contributed by atoms with Crippen molar-refractivity contribution < 1.29 is 32.2 Å². The number of aromatic amines is 1. The van der Waals surface area contributed by atoms with E-state index in [1.807, 2.05) is 6.92 Å². The average molecular weight is 503 g/mol. The lowest BCUT2D eigenvalue weighted by atomic mass is 10.2. The second-order valence-corrected chi connectivity index (χ2v) is 9.90. The van der Waals surface area contributed by atoms with Crippen molar-refractivity contribution in [2.45, 2.75) is 17.9 Å². The molecule has 2 heterocycles. The molecule has 0 aliphatic carbocycles. The van der Waals surface area contributed by atoms with Gasteiger partial charge >= 0.3 is 0 Å². The molecule has 0 saturated heterocycles. The van der Waals surface area contributed by atoms with E-state index < -0.39 is 15.9 Å². The van der Waals surface area contributed by atoms with E-state index in [4.69, 9.17) is 18.9 Å². The van der Waals surface area contributed by atoms with Crippen LogP contribution in [0.15, 0.2) is 53.6 Å². The Morgan fingerprint density at radius 1 is 1.20 bits per heavy atom. The number of H-pyrrole nitrogens is 1. The Bertz CT molecular complexity index is 1300. The third kappa shape index (κ3) is 5.73. The Kier molecular flexibility index (Phi) is 7.24. The lowest BCUT2D eigenvalue weighted by Crippen LogP contribution is -2.28. The number of anilines is 1. The number of carbonyl (C=O) groups excluding carboxylic acids is 1. The van der Waals surface area contributed by atoms with Crippen LogP contribution in [0.2, 0.25) is 0 Å². The normalized spacial score (nSPS) is 15.9. The first-order valence-corrected chi connectivity index (χ1v) is 12.2. The topological polar surface area (TPSA) is 132 Å². The minimum atomic E-state index is -3.66. The van der Waals surface area contributed by atoms with Crippen LogP contribution in [-0.2, 0) is 14.8 Å². The van der Waals surface area contributed by atoms with Gasteiger partial charge in [0.2, 0.25) is 10.0 Å². The number of hydrogen-bond donors (Lipinski definition) is 2. The van der Waals surface area contributed by atoms with Crippen molar-refractivity contribution in [2.75, 3.05) is 39.2 Å². The van der Waals surface area contributed by atoms with Crippen LogP contribution in [0.25, 0.3) is 0 Å². The number of benzene rings is 2. The molecule has 4 rings (SSSR count). The van der Waals surface area contributed by atoms with E-state index in [0.29, 0.717) is 29.7 Å². The summed E-state index contributed by atoms with van der Waals surface area (Å²) in [5, 5.41) is 9.20. The zero-order valence-corrected chi connectivity index (χ0v) is 20.3. The fraction of sp³-hybridized carbons (Fsp3) is 0.304. The van der Waals surface area contributed by atoms with Crippen LogP contribution >= 0.6 is 0 Å². The van der Waals surface area contributed by atoms with Crippen LogP contribution < -0.4 is 19.5 Å². The zero-order chi connectivity index (χ0) is 25.0. The molecule has 2 aromatic carbocycles. The largest absolute Gasteiger partial charge is 0.491 e. The van der Waals surface area contributed by atoms with Gasteiger partial charge in [-0.25, -0.2) is 8.42 Å². The Morgan fingerprint density at radius 3 is 2.74 bits per heavy atom. The molecule has 0 bridgehead atoms. The molecule has 35 heavy (non-hydrogen) atoms. The number of nitrogens with one attached hydrogen (secondary N) is 2. The minimum Gasteiger partial charge on any atom is -0.491 e. The highest BCUT2D eigenvalue weighted by Crippen LogP contribution is 2.35. The SMILES string of the molecule is COC[C@H](C)Oc1cc(Oc2ccc3c(c2)OCCN(C)S3(=O)=O)cc(C(=O)Nc2ccn[nH]2)c1. The van der Waals surface area contributed by atoms with Gasteiger partial charge in [0.05, 0.1) is 12.8 Å². The Labute approximate surface area is 203 Å². The summed E-state index contributed by atoms with van der Waals surface area (Å²) in [7, 11) is -0.581. The van der Waals surface area contributed by atoms with Crippen molar-refractivity contribution in [1.82, 2.24) is 14.5 Å². The molecule has 0 unspecified atom stereocenters. The standard InChI is InChI=1S/C23H26N4O7S/c1-15(14-31-3)33-18-10-16(23(28)25-22-6-7-24-26-22)11-19(12-18)34-17-4-5-21-20(13-17)32-9-8-27(2)35(21,29)30/h4-7,10-13,15H,8-9,14H2,1-3H3,(H2,24,25,26,28)/t15-/m0/s1. The summed E-state index contributed by atoms with van der Waals surface area (Å²) >= 11 is 0. The van der Waals surface area contributed by atoms with Gasteiger partial charge in [-0.3, -0.25) is 9.89 Å². The van der Waals surface area contributed by atoms with E-state index >= 15 is 0 Å². The predicted molar refractivity (Wildman–Crippen MR) is 127 cm³/mol. The maximum atomic E-state index is 12.8. The molecule has 0 spiro atoms. The lowest BCUT2D eigenvalue weighted by Gasteiger charge is -2.17. The molecule has 0 radical (unpaired) electrons. The van der Waals surface area contributed by atoms with E-state index in [9.17, 15) is 13.2 Å². The summed E-state index contributed by atoms with van der Waals surface area (Å²) in [4.78, 5) is 12.9. The van der Waals surface area contributed by atoms with Crippen molar-refractivity contribution >= 4 is 21.7 Å². The molecule has 1 aromatic heterocycles. The second-order valence-electron chi connectivity index (χ2n) is 7.89. The highest BCUT2D eigenvalue weighted by Gasteiger charge is 2.28. The number of sulfonamides is 1. The molecule has 186 valence electrons. The number of carbonyl (C=O) groups is 1. The Morgan fingerprint density at radius 2 is 2.00 bits per heavy atom. The number of fused-ring (bicyclic) bond motifs is 1. The number of amides is 1. The smallest absolute Gasteiger partial charge is 0.257 e. The van der Waals surface area contributed by atoms with E-state index in [2.05, 4.69) is 15.5 Å². The Balaban J connectivity index is 1.64. The summed E-state index contributed by atoms with van der Waals surface area (Å²) < 4.78 is 49.2. The van der Waals surface area contributed by atoms with E-state index in [1.165, 1.54) is 35.7 Å². The number of nitrogens with zero attached hydrogens (tertiary/aromatic N) is 2. The highest BCUT2D eigenvalue weighted by molar-refractivity contribution is 7.89.